The number of rotatable bonds is 5. The first kappa shape index (κ1) is 15.0. The lowest BCUT2D eigenvalue weighted by Gasteiger charge is -2.27. The van der Waals surface area contributed by atoms with E-state index in [9.17, 15) is 4.79 Å². The molecule has 4 nitrogen and oxygen atoms in total. The normalized spacial score (nSPS) is 16.9. The number of benzene rings is 1. The SMILES string of the molecule is COc1cc(N)ccc1C(=O)NCC1(SC)CCCC1. The first-order valence-electron chi connectivity index (χ1n) is 6.87. The summed E-state index contributed by atoms with van der Waals surface area (Å²) in [6.45, 7) is 0.709. The molecule has 0 saturated heterocycles. The Labute approximate surface area is 124 Å². The molecule has 3 N–H and O–H groups in total. The van der Waals surface area contributed by atoms with E-state index in [0.717, 1.165) is 0 Å². The molecule has 5 heteroatoms. The molecular formula is C15H22N2O2S. The number of nitrogens with two attached hydrogens (primary N) is 1. The maximum atomic E-state index is 12.3. The van der Waals surface area contributed by atoms with Crippen molar-refractivity contribution in [2.24, 2.45) is 0 Å². The minimum Gasteiger partial charge on any atom is -0.496 e. The predicted octanol–water partition coefficient (Wildman–Crippen LogP) is 2.68. The zero-order chi connectivity index (χ0) is 14.6. The summed E-state index contributed by atoms with van der Waals surface area (Å²) < 4.78 is 5.43. The molecule has 0 spiro atoms. The van der Waals surface area contributed by atoms with Gasteiger partial charge in [-0.2, -0.15) is 11.8 Å². The summed E-state index contributed by atoms with van der Waals surface area (Å²) in [6, 6.07) is 5.11. The summed E-state index contributed by atoms with van der Waals surface area (Å²) in [5, 5.41) is 3.05. The maximum absolute atomic E-state index is 12.3. The second kappa shape index (κ2) is 6.39. The van der Waals surface area contributed by atoms with Gasteiger partial charge in [0.2, 0.25) is 0 Å². The molecule has 1 saturated carbocycles. The molecule has 0 bridgehead atoms. The molecule has 1 aromatic carbocycles. The summed E-state index contributed by atoms with van der Waals surface area (Å²) in [7, 11) is 1.55. The summed E-state index contributed by atoms with van der Waals surface area (Å²) in [5.74, 6) is 0.425. The Bertz CT molecular complexity index is 485. The van der Waals surface area contributed by atoms with E-state index in [0.29, 0.717) is 23.5 Å². The Hall–Kier alpha value is -1.36. The number of hydrogen-bond donors (Lipinski definition) is 2. The van der Waals surface area contributed by atoms with Crippen LogP contribution >= 0.6 is 11.8 Å². The lowest BCUT2D eigenvalue weighted by Crippen LogP contribution is -2.38. The van der Waals surface area contributed by atoms with Crippen molar-refractivity contribution < 1.29 is 9.53 Å². The number of carbonyl (C=O) groups excluding carboxylic acids is 1. The first-order valence-corrected chi connectivity index (χ1v) is 8.09. The largest absolute Gasteiger partial charge is 0.496 e. The molecule has 0 atom stereocenters. The van der Waals surface area contributed by atoms with Gasteiger partial charge in [0, 0.05) is 23.0 Å². The lowest BCUT2D eigenvalue weighted by atomic mass is 10.1. The zero-order valence-electron chi connectivity index (χ0n) is 12.1. The second-order valence-electron chi connectivity index (χ2n) is 5.24. The van der Waals surface area contributed by atoms with E-state index >= 15 is 0 Å². The number of thioether (sulfide) groups is 1. The van der Waals surface area contributed by atoms with Crippen LogP contribution in [0.5, 0.6) is 5.75 Å². The highest BCUT2D eigenvalue weighted by molar-refractivity contribution is 8.00. The minimum atomic E-state index is -0.0952. The smallest absolute Gasteiger partial charge is 0.255 e. The van der Waals surface area contributed by atoms with E-state index in [4.69, 9.17) is 10.5 Å². The van der Waals surface area contributed by atoms with Crippen molar-refractivity contribution in [1.82, 2.24) is 5.32 Å². The van der Waals surface area contributed by atoms with E-state index in [-0.39, 0.29) is 10.7 Å². The maximum Gasteiger partial charge on any atom is 0.255 e. The predicted molar refractivity (Wildman–Crippen MR) is 84.5 cm³/mol. The third-order valence-corrected chi connectivity index (χ3v) is 5.41. The fourth-order valence-electron chi connectivity index (χ4n) is 2.70. The van der Waals surface area contributed by atoms with Crippen LogP contribution in [0.2, 0.25) is 0 Å². The van der Waals surface area contributed by atoms with Crippen molar-refractivity contribution in [3.8, 4) is 5.75 Å². The average molecular weight is 294 g/mol. The van der Waals surface area contributed by atoms with E-state index in [2.05, 4.69) is 11.6 Å². The Balaban J connectivity index is 2.05. The van der Waals surface area contributed by atoms with Gasteiger partial charge in [0.25, 0.3) is 5.91 Å². The van der Waals surface area contributed by atoms with E-state index in [1.807, 2.05) is 11.8 Å². The lowest BCUT2D eigenvalue weighted by molar-refractivity contribution is 0.0946. The summed E-state index contributed by atoms with van der Waals surface area (Å²) >= 11 is 1.86. The van der Waals surface area contributed by atoms with Gasteiger partial charge >= 0.3 is 0 Å². The Morgan fingerprint density at radius 3 is 2.75 bits per heavy atom. The number of hydrogen-bond acceptors (Lipinski definition) is 4. The van der Waals surface area contributed by atoms with Gasteiger partial charge in [-0.3, -0.25) is 4.79 Å². The van der Waals surface area contributed by atoms with Gasteiger partial charge in [-0.25, -0.2) is 0 Å². The summed E-state index contributed by atoms with van der Waals surface area (Å²) in [5.41, 5.74) is 6.83. The highest BCUT2D eigenvalue weighted by Gasteiger charge is 2.33. The van der Waals surface area contributed by atoms with Crippen molar-refractivity contribution in [2.75, 3.05) is 25.6 Å². The van der Waals surface area contributed by atoms with Crippen molar-refractivity contribution in [1.29, 1.82) is 0 Å². The molecule has 0 aromatic heterocycles. The van der Waals surface area contributed by atoms with E-state index in [1.165, 1.54) is 25.7 Å². The average Bonchev–Trinajstić information content (AvgIpc) is 2.94. The number of ether oxygens (including phenoxy) is 1. The molecule has 0 unspecified atom stereocenters. The number of methoxy groups -OCH3 is 1. The Morgan fingerprint density at radius 1 is 1.45 bits per heavy atom. The van der Waals surface area contributed by atoms with E-state index < -0.39 is 0 Å². The molecule has 2 rings (SSSR count). The topological polar surface area (TPSA) is 64.3 Å². The third-order valence-electron chi connectivity index (χ3n) is 3.99. The number of nitrogens with one attached hydrogen (secondary N) is 1. The monoisotopic (exact) mass is 294 g/mol. The first-order chi connectivity index (χ1) is 9.60. The molecule has 1 fully saturated rings. The van der Waals surface area contributed by atoms with Crippen LogP contribution in [0.4, 0.5) is 5.69 Å². The van der Waals surface area contributed by atoms with Crippen LogP contribution in [0.25, 0.3) is 0 Å². The zero-order valence-corrected chi connectivity index (χ0v) is 12.9. The molecule has 1 aliphatic carbocycles. The van der Waals surface area contributed by atoms with Crippen LogP contribution in [0, 0.1) is 0 Å². The highest BCUT2D eigenvalue weighted by atomic mass is 32.2. The fraction of sp³-hybridized carbons (Fsp3) is 0.533. The van der Waals surface area contributed by atoms with Gasteiger partial charge < -0.3 is 15.8 Å². The van der Waals surface area contributed by atoms with Gasteiger partial charge in [0.05, 0.1) is 12.7 Å². The Morgan fingerprint density at radius 2 is 2.15 bits per heavy atom. The van der Waals surface area contributed by atoms with Crippen LogP contribution in [-0.2, 0) is 0 Å². The summed E-state index contributed by atoms with van der Waals surface area (Å²) in [6.07, 6.45) is 6.98. The number of anilines is 1. The standard InChI is InChI=1S/C15H22N2O2S/c1-19-13-9-11(16)5-6-12(13)14(18)17-10-15(20-2)7-3-4-8-15/h5-6,9H,3-4,7-8,10,16H2,1-2H3,(H,17,18). The van der Waals surface area contributed by atoms with Crippen LogP contribution in [-0.4, -0.2) is 30.6 Å². The molecule has 0 radical (unpaired) electrons. The van der Waals surface area contributed by atoms with Crippen molar-refractivity contribution in [3.63, 3.8) is 0 Å². The number of nitrogen functional groups attached to an aromatic ring is 1. The minimum absolute atomic E-state index is 0.0952. The van der Waals surface area contributed by atoms with E-state index in [1.54, 1.807) is 25.3 Å². The number of amides is 1. The Kier molecular flexibility index (Phi) is 4.81. The van der Waals surface area contributed by atoms with Crippen molar-refractivity contribution in [2.45, 2.75) is 30.4 Å². The molecule has 0 aliphatic heterocycles. The van der Waals surface area contributed by atoms with Gasteiger partial charge in [0.15, 0.2) is 0 Å². The van der Waals surface area contributed by atoms with Crippen molar-refractivity contribution >= 4 is 23.4 Å². The highest BCUT2D eigenvalue weighted by Crippen LogP contribution is 2.39. The van der Waals surface area contributed by atoms with Gasteiger partial charge in [-0.15, -0.1) is 0 Å². The van der Waals surface area contributed by atoms with Gasteiger partial charge in [-0.1, -0.05) is 12.8 Å². The number of carbonyl (C=O) groups is 1. The molecule has 20 heavy (non-hydrogen) atoms. The van der Waals surface area contributed by atoms with Gasteiger partial charge in [-0.05, 0) is 31.2 Å². The van der Waals surface area contributed by atoms with Crippen LogP contribution < -0.4 is 15.8 Å². The van der Waals surface area contributed by atoms with Crippen molar-refractivity contribution in [3.05, 3.63) is 23.8 Å². The van der Waals surface area contributed by atoms with Crippen LogP contribution in [0.3, 0.4) is 0 Å². The molecule has 1 aromatic rings. The summed E-state index contributed by atoms with van der Waals surface area (Å²) in [4.78, 5) is 12.3. The van der Waals surface area contributed by atoms with Crippen LogP contribution in [0.1, 0.15) is 36.0 Å². The molecule has 1 aliphatic rings. The second-order valence-corrected chi connectivity index (χ2v) is 6.51. The quantitative estimate of drug-likeness (QED) is 0.820. The van der Waals surface area contributed by atoms with Gasteiger partial charge in [0.1, 0.15) is 5.75 Å². The third kappa shape index (κ3) is 3.20. The molecule has 0 heterocycles. The van der Waals surface area contributed by atoms with Crippen LogP contribution in [0.15, 0.2) is 18.2 Å². The fourth-order valence-corrected chi connectivity index (χ4v) is 3.62. The molecule has 110 valence electrons. The molecular weight excluding hydrogens is 272 g/mol. The molecule has 1 amide bonds.